The van der Waals surface area contributed by atoms with Crippen molar-refractivity contribution in [2.24, 2.45) is 5.92 Å². The average Bonchev–Trinajstić information content (AvgIpc) is 2.96. The van der Waals surface area contributed by atoms with Crippen LogP contribution >= 0.6 is 12.4 Å². The molecule has 21 heavy (non-hydrogen) atoms. The van der Waals surface area contributed by atoms with Crippen molar-refractivity contribution in [3.63, 3.8) is 0 Å². The number of hydrogen-bond donors (Lipinski definition) is 2. The van der Waals surface area contributed by atoms with Crippen molar-refractivity contribution in [3.8, 4) is 0 Å². The number of para-hydroxylation sites is 1. The van der Waals surface area contributed by atoms with Crippen LogP contribution in [0, 0.1) is 5.92 Å². The first kappa shape index (κ1) is 14.4. The predicted molar refractivity (Wildman–Crippen MR) is 83.5 cm³/mol. The van der Waals surface area contributed by atoms with Crippen LogP contribution in [0.4, 0.5) is 0 Å². The Hall–Kier alpha value is -1.59. The third-order valence-corrected chi connectivity index (χ3v) is 4.67. The minimum absolute atomic E-state index is 0. The van der Waals surface area contributed by atoms with E-state index in [0.717, 1.165) is 36.3 Å². The highest BCUT2D eigenvalue weighted by Gasteiger charge is 2.34. The summed E-state index contributed by atoms with van der Waals surface area (Å²) < 4.78 is 0. The molecule has 4 heterocycles. The van der Waals surface area contributed by atoms with Crippen LogP contribution in [0.3, 0.4) is 0 Å². The van der Waals surface area contributed by atoms with Crippen LogP contribution in [-0.2, 0) is 0 Å². The summed E-state index contributed by atoms with van der Waals surface area (Å²) in [5.41, 5.74) is 1.50. The second kappa shape index (κ2) is 5.66. The molecule has 0 unspecified atom stereocenters. The first-order chi connectivity index (χ1) is 9.81. The van der Waals surface area contributed by atoms with E-state index in [0.29, 0.717) is 5.56 Å². The summed E-state index contributed by atoms with van der Waals surface area (Å²) in [7, 11) is 0. The van der Waals surface area contributed by atoms with Crippen molar-refractivity contribution < 1.29 is 4.79 Å². The SMILES string of the molecule is Cl.O=C(N[C@@H]1CC2CCN1CC2)c1cccc2cn[nH]c12. The van der Waals surface area contributed by atoms with Gasteiger partial charge in [-0.2, -0.15) is 5.10 Å². The van der Waals surface area contributed by atoms with Crippen LogP contribution in [-0.4, -0.2) is 40.3 Å². The van der Waals surface area contributed by atoms with Crippen LogP contribution in [0.15, 0.2) is 24.4 Å². The fraction of sp³-hybridized carbons (Fsp3) is 0.467. The van der Waals surface area contributed by atoms with E-state index in [1.165, 1.54) is 12.8 Å². The summed E-state index contributed by atoms with van der Waals surface area (Å²) in [6, 6.07) is 5.72. The number of piperidine rings is 3. The first-order valence-electron chi connectivity index (χ1n) is 7.28. The number of hydrogen-bond acceptors (Lipinski definition) is 3. The molecule has 1 aromatic heterocycles. The van der Waals surface area contributed by atoms with Crippen molar-refractivity contribution in [3.05, 3.63) is 30.0 Å². The summed E-state index contributed by atoms with van der Waals surface area (Å²) in [6.07, 6.45) is 5.60. The Bertz CT molecular complexity index is 648. The molecule has 112 valence electrons. The number of nitrogens with zero attached hydrogens (tertiary/aromatic N) is 2. The highest BCUT2D eigenvalue weighted by molar-refractivity contribution is 6.05. The molecule has 1 atom stereocenters. The molecule has 2 bridgehead atoms. The van der Waals surface area contributed by atoms with Gasteiger partial charge in [0.15, 0.2) is 0 Å². The normalized spacial score (nSPS) is 27.3. The van der Waals surface area contributed by atoms with E-state index >= 15 is 0 Å². The summed E-state index contributed by atoms with van der Waals surface area (Å²) in [5, 5.41) is 11.1. The van der Waals surface area contributed by atoms with E-state index in [1.807, 2.05) is 18.2 Å². The number of carbonyl (C=O) groups is 1. The van der Waals surface area contributed by atoms with Crippen LogP contribution in [0.2, 0.25) is 0 Å². The van der Waals surface area contributed by atoms with Gasteiger partial charge in [0.2, 0.25) is 0 Å². The lowest BCUT2D eigenvalue weighted by Gasteiger charge is -2.45. The molecule has 2 N–H and O–H groups in total. The molecule has 3 saturated heterocycles. The van der Waals surface area contributed by atoms with Gasteiger partial charge < -0.3 is 5.32 Å². The number of carbonyl (C=O) groups excluding carboxylic acids is 1. The number of H-pyrrole nitrogens is 1. The molecule has 0 saturated carbocycles. The zero-order valence-electron chi connectivity index (χ0n) is 11.7. The molecule has 5 nitrogen and oxygen atoms in total. The quantitative estimate of drug-likeness (QED) is 0.894. The van der Waals surface area contributed by atoms with Crippen LogP contribution in [0.25, 0.3) is 10.9 Å². The van der Waals surface area contributed by atoms with E-state index < -0.39 is 0 Å². The highest BCUT2D eigenvalue weighted by atomic mass is 35.5. The standard InChI is InChI=1S/C15H18N4O.ClH/c20-15(12-3-1-2-11-9-16-18-14(11)12)17-13-8-10-4-6-19(13)7-5-10;/h1-3,9-10,13H,4-8H2,(H,16,18)(H,17,20);1H/t13-;/m0./s1. The Morgan fingerprint density at radius 2 is 2.14 bits per heavy atom. The first-order valence-corrected chi connectivity index (χ1v) is 7.28. The van der Waals surface area contributed by atoms with Gasteiger partial charge in [-0.3, -0.25) is 14.8 Å². The molecule has 2 aromatic rings. The number of aromatic amines is 1. The molecular weight excluding hydrogens is 288 g/mol. The fourth-order valence-corrected chi connectivity index (χ4v) is 3.50. The molecule has 0 spiro atoms. The number of fused-ring (bicyclic) bond motifs is 4. The topological polar surface area (TPSA) is 61.0 Å². The molecule has 3 fully saturated rings. The predicted octanol–water partition coefficient (Wildman–Crippen LogP) is 2.16. The maximum atomic E-state index is 12.5. The van der Waals surface area contributed by atoms with Crippen molar-refractivity contribution in [1.29, 1.82) is 0 Å². The smallest absolute Gasteiger partial charge is 0.254 e. The lowest BCUT2D eigenvalue weighted by molar-refractivity contribution is 0.0295. The van der Waals surface area contributed by atoms with E-state index in [2.05, 4.69) is 20.4 Å². The molecule has 0 aliphatic carbocycles. The monoisotopic (exact) mass is 306 g/mol. The maximum absolute atomic E-state index is 12.5. The lowest BCUT2D eigenvalue weighted by atomic mass is 9.86. The van der Waals surface area contributed by atoms with Crippen molar-refractivity contribution in [2.75, 3.05) is 13.1 Å². The minimum atomic E-state index is -0.00241. The number of benzene rings is 1. The van der Waals surface area contributed by atoms with E-state index in [1.54, 1.807) is 6.20 Å². The second-order valence-corrected chi connectivity index (χ2v) is 5.84. The Labute approximate surface area is 129 Å². The molecular formula is C15H19ClN4O. The molecule has 1 amide bonds. The summed E-state index contributed by atoms with van der Waals surface area (Å²) >= 11 is 0. The molecule has 0 radical (unpaired) electrons. The zero-order valence-corrected chi connectivity index (χ0v) is 12.5. The van der Waals surface area contributed by atoms with Crippen LogP contribution < -0.4 is 5.32 Å². The Balaban J connectivity index is 0.00000132. The third-order valence-electron chi connectivity index (χ3n) is 4.67. The van der Waals surface area contributed by atoms with Gasteiger partial charge in [-0.05, 0) is 31.2 Å². The molecule has 6 heteroatoms. The summed E-state index contributed by atoms with van der Waals surface area (Å²) in [6.45, 7) is 2.23. The van der Waals surface area contributed by atoms with E-state index in [4.69, 9.17) is 0 Å². The zero-order chi connectivity index (χ0) is 13.5. The van der Waals surface area contributed by atoms with E-state index in [-0.39, 0.29) is 24.5 Å². The minimum Gasteiger partial charge on any atom is -0.336 e. The Kier molecular flexibility index (Phi) is 3.87. The van der Waals surface area contributed by atoms with Crippen molar-refractivity contribution in [2.45, 2.75) is 25.4 Å². The van der Waals surface area contributed by atoms with Crippen LogP contribution in [0.1, 0.15) is 29.6 Å². The number of rotatable bonds is 2. The number of aromatic nitrogens is 2. The fourth-order valence-electron chi connectivity index (χ4n) is 3.50. The number of nitrogens with one attached hydrogen (secondary N) is 2. The molecule has 3 aliphatic heterocycles. The lowest BCUT2D eigenvalue weighted by Crippen LogP contribution is -2.56. The third kappa shape index (κ3) is 2.51. The van der Waals surface area contributed by atoms with Gasteiger partial charge in [0.1, 0.15) is 0 Å². The van der Waals surface area contributed by atoms with Gasteiger partial charge in [-0.15, -0.1) is 12.4 Å². The molecule has 1 aromatic carbocycles. The Morgan fingerprint density at radius 3 is 2.86 bits per heavy atom. The summed E-state index contributed by atoms with van der Waals surface area (Å²) in [4.78, 5) is 14.9. The highest BCUT2D eigenvalue weighted by Crippen LogP contribution is 2.30. The molecule has 5 rings (SSSR count). The summed E-state index contributed by atoms with van der Waals surface area (Å²) in [5.74, 6) is 0.783. The van der Waals surface area contributed by atoms with Gasteiger partial charge in [-0.1, -0.05) is 12.1 Å². The van der Waals surface area contributed by atoms with Crippen molar-refractivity contribution >= 4 is 29.2 Å². The average molecular weight is 307 g/mol. The van der Waals surface area contributed by atoms with Gasteiger partial charge in [0.25, 0.3) is 5.91 Å². The largest absolute Gasteiger partial charge is 0.336 e. The van der Waals surface area contributed by atoms with Gasteiger partial charge in [0.05, 0.1) is 23.4 Å². The van der Waals surface area contributed by atoms with Crippen molar-refractivity contribution in [1.82, 2.24) is 20.4 Å². The number of halogens is 1. The van der Waals surface area contributed by atoms with Gasteiger partial charge in [-0.25, -0.2) is 0 Å². The van der Waals surface area contributed by atoms with E-state index in [9.17, 15) is 4.79 Å². The second-order valence-electron chi connectivity index (χ2n) is 5.84. The van der Waals surface area contributed by atoms with Gasteiger partial charge >= 0.3 is 0 Å². The molecule has 3 aliphatic rings. The Morgan fingerprint density at radius 1 is 1.33 bits per heavy atom. The number of amides is 1. The van der Waals surface area contributed by atoms with Crippen LogP contribution in [0.5, 0.6) is 0 Å². The maximum Gasteiger partial charge on any atom is 0.254 e. The van der Waals surface area contributed by atoms with Gasteiger partial charge in [0, 0.05) is 18.5 Å².